The van der Waals surface area contributed by atoms with E-state index >= 15 is 0 Å². The van der Waals surface area contributed by atoms with Gasteiger partial charge in [0.05, 0.1) is 35.9 Å². The van der Waals surface area contributed by atoms with Crippen LogP contribution in [0.1, 0.15) is 74.4 Å². The van der Waals surface area contributed by atoms with E-state index in [1.807, 2.05) is 12.4 Å². The Bertz CT molecular complexity index is 1280. The highest BCUT2D eigenvalue weighted by Gasteiger charge is 2.25. The van der Waals surface area contributed by atoms with E-state index in [2.05, 4.69) is 105 Å². The van der Waals surface area contributed by atoms with Gasteiger partial charge in [-0.1, -0.05) is 36.1 Å². The standard InChI is InChI=1S/C30H32N6/c1-19-3-15-25(33-19)29-31-17-27(35-29)23-11-7-21(8-12-23)5-6-22-9-13-24(14-10-22)28-18-32-30(36-28)26-16-4-20(2)34-26/h7-14,17-20,25-26,33-34H,3-4,15-16H2,1-2H3,(H,31,35)(H,32,36)/t19-,20-,25+,26+/m1/s1. The van der Waals surface area contributed by atoms with Gasteiger partial charge in [-0.3, -0.25) is 0 Å². The molecule has 6 heteroatoms. The van der Waals surface area contributed by atoms with Gasteiger partial charge < -0.3 is 20.6 Å². The molecule has 4 atom stereocenters. The first-order chi connectivity index (χ1) is 17.6. The van der Waals surface area contributed by atoms with E-state index in [9.17, 15) is 0 Å². The Balaban J connectivity index is 1.10. The maximum atomic E-state index is 4.61. The Morgan fingerprint density at radius 3 is 1.39 bits per heavy atom. The zero-order valence-corrected chi connectivity index (χ0v) is 20.8. The molecule has 0 amide bonds. The number of hydrogen-bond donors (Lipinski definition) is 4. The van der Waals surface area contributed by atoms with Gasteiger partial charge >= 0.3 is 0 Å². The maximum Gasteiger partial charge on any atom is 0.123 e. The van der Waals surface area contributed by atoms with Crippen LogP contribution in [0.2, 0.25) is 0 Å². The molecule has 2 aromatic carbocycles. The van der Waals surface area contributed by atoms with E-state index in [1.54, 1.807) is 0 Å². The van der Waals surface area contributed by atoms with E-state index in [1.165, 1.54) is 12.8 Å². The summed E-state index contributed by atoms with van der Waals surface area (Å²) in [7, 11) is 0. The fraction of sp³-hybridized carbons (Fsp3) is 0.333. The highest BCUT2D eigenvalue weighted by atomic mass is 15.1. The van der Waals surface area contributed by atoms with Crippen molar-refractivity contribution in [2.45, 2.75) is 63.7 Å². The molecule has 4 aromatic rings. The van der Waals surface area contributed by atoms with Crippen molar-refractivity contribution in [3.63, 3.8) is 0 Å². The zero-order valence-electron chi connectivity index (χ0n) is 20.8. The molecule has 0 radical (unpaired) electrons. The molecule has 2 aromatic heterocycles. The summed E-state index contributed by atoms with van der Waals surface area (Å²) in [5.41, 5.74) is 6.31. The molecular formula is C30H32N6. The third-order valence-electron chi connectivity index (χ3n) is 7.34. The number of benzene rings is 2. The summed E-state index contributed by atoms with van der Waals surface area (Å²) in [5.74, 6) is 8.62. The van der Waals surface area contributed by atoms with Gasteiger partial charge in [0.1, 0.15) is 11.6 Å². The molecule has 6 nitrogen and oxygen atoms in total. The first-order valence-corrected chi connectivity index (χ1v) is 13.0. The quantitative estimate of drug-likeness (QED) is 0.294. The molecule has 0 unspecified atom stereocenters. The second-order valence-electron chi connectivity index (χ2n) is 10.2. The van der Waals surface area contributed by atoms with Gasteiger partial charge in [0, 0.05) is 23.2 Å². The van der Waals surface area contributed by atoms with Crippen molar-refractivity contribution in [2.75, 3.05) is 0 Å². The molecule has 0 spiro atoms. The fourth-order valence-electron chi connectivity index (χ4n) is 5.22. The minimum absolute atomic E-state index is 0.328. The van der Waals surface area contributed by atoms with E-state index < -0.39 is 0 Å². The predicted molar refractivity (Wildman–Crippen MR) is 143 cm³/mol. The SMILES string of the molecule is C[C@@H]1CC[C@@H](c2ncc(-c3ccc(C#Cc4ccc(-c5cnc([C@@H]6CC[C@@H](C)N6)[nH]5)cc4)cc3)[nH]2)N1. The molecule has 2 saturated heterocycles. The van der Waals surface area contributed by atoms with Crippen LogP contribution in [0.25, 0.3) is 22.5 Å². The summed E-state index contributed by atoms with van der Waals surface area (Å²) in [4.78, 5) is 16.2. The van der Waals surface area contributed by atoms with E-state index in [-0.39, 0.29) is 0 Å². The predicted octanol–water partition coefficient (Wildman–Crippen LogP) is 5.49. The highest BCUT2D eigenvalue weighted by Crippen LogP contribution is 2.28. The number of rotatable bonds is 4. The summed E-state index contributed by atoms with van der Waals surface area (Å²) in [6.45, 7) is 4.45. The first-order valence-electron chi connectivity index (χ1n) is 13.0. The minimum atomic E-state index is 0.328. The molecule has 0 saturated carbocycles. The van der Waals surface area contributed by atoms with E-state index in [0.717, 1.165) is 58.1 Å². The molecule has 0 aliphatic carbocycles. The van der Waals surface area contributed by atoms with Crippen LogP contribution in [0.3, 0.4) is 0 Å². The number of nitrogens with zero attached hydrogens (tertiary/aromatic N) is 2. The third-order valence-corrected chi connectivity index (χ3v) is 7.34. The molecule has 4 N–H and O–H groups in total. The smallest absolute Gasteiger partial charge is 0.123 e. The maximum absolute atomic E-state index is 4.61. The van der Waals surface area contributed by atoms with Gasteiger partial charge in [-0.2, -0.15) is 0 Å². The third kappa shape index (κ3) is 4.86. The van der Waals surface area contributed by atoms with Crippen LogP contribution in [0.5, 0.6) is 0 Å². The van der Waals surface area contributed by atoms with Crippen LogP contribution in [0.4, 0.5) is 0 Å². The number of H-pyrrole nitrogens is 2. The van der Waals surface area contributed by atoms with Crippen molar-refractivity contribution in [1.29, 1.82) is 0 Å². The van der Waals surface area contributed by atoms with Crippen LogP contribution >= 0.6 is 0 Å². The first kappa shape index (κ1) is 22.8. The lowest BCUT2D eigenvalue weighted by molar-refractivity contribution is 0.564. The molecule has 36 heavy (non-hydrogen) atoms. The summed E-state index contributed by atoms with van der Waals surface area (Å²) < 4.78 is 0. The van der Waals surface area contributed by atoms with Gasteiger partial charge in [-0.15, -0.1) is 0 Å². The largest absolute Gasteiger partial charge is 0.341 e. The zero-order chi connectivity index (χ0) is 24.5. The van der Waals surface area contributed by atoms with Crippen molar-refractivity contribution in [1.82, 2.24) is 30.6 Å². The van der Waals surface area contributed by atoms with Crippen LogP contribution in [0, 0.1) is 11.8 Å². The van der Waals surface area contributed by atoms with Crippen LogP contribution in [0.15, 0.2) is 60.9 Å². The molecule has 2 fully saturated rings. The topological polar surface area (TPSA) is 81.4 Å². The Morgan fingerprint density at radius 1 is 0.611 bits per heavy atom. The van der Waals surface area contributed by atoms with Crippen molar-refractivity contribution in [2.24, 2.45) is 0 Å². The lowest BCUT2D eigenvalue weighted by Gasteiger charge is -2.08. The summed E-state index contributed by atoms with van der Waals surface area (Å²) >= 11 is 0. The number of aromatic amines is 2. The second-order valence-corrected chi connectivity index (χ2v) is 10.2. The average molecular weight is 477 g/mol. The van der Waals surface area contributed by atoms with Crippen LogP contribution < -0.4 is 10.6 Å². The van der Waals surface area contributed by atoms with Gasteiger partial charge in [0.2, 0.25) is 0 Å². The van der Waals surface area contributed by atoms with Crippen molar-refractivity contribution in [3.8, 4) is 34.4 Å². The lowest BCUT2D eigenvalue weighted by atomic mass is 10.1. The molecule has 182 valence electrons. The Kier molecular flexibility index (Phi) is 6.18. The molecule has 2 aliphatic heterocycles. The van der Waals surface area contributed by atoms with Gasteiger partial charge in [-0.25, -0.2) is 9.97 Å². The van der Waals surface area contributed by atoms with E-state index in [0.29, 0.717) is 24.2 Å². The number of imidazole rings is 2. The fourth-order valence-corrected chi connectivity index (χ4v) is 5.22. The molecule has 2 aliphatic rings. The van der Waals surface area contributed by atoms with Gasteiger partial charge in [-0.05, 0) is 74.9 Å². The van der Waals surface area contributed by atoms with Crippen LogP contribution in [-0.4, -0.2) is 32.0 Å². The van der Waals surface area contributed by atoms with E-state index in [4.69, 9.17) is 0 Å². The highest BCUT2D eigenvalue weighted by molar-refractivity contribution is 5.62. The molecular weight excluding hydrogens is 444 g/mol. The van der Waals surface area contributed by atoms with Crippen molar-refractivity contribution < 1.29 is 0 Å². The van der Waals surface area contributed by atoms with Gasteiger partial charge in [0.15, 0.2) is 0 Å². The molecule has 0 bridgehead atoms. The van der Waals surface area contributed by atoms with Crippen molar-refractivity contribution in [3.05, 3.63) is 83.7 Å². The number of hydrogen-bond acceptors (Lipinski definition) is 4. The number of aromatic nitrogens is 4. The average Bonchev–Trinajstić information content (AvgIpc) is 3.70. The number of nitrogens with one attached hydrogen (secondary N) is 4. The summed E-state index contributed by atoms with van der Waals surface area (Å²) in [6, 6.07) is 18.4. The Labute approximate surface area is 212 Å². The van der Waals surface area contributed by atoms with Crippen LogP contribution in [-0.2, 0) is 0 Å². The van der Waals surface area contributed by atoms with Crippen molar-refractivity contribution >= 4 is 0 Å². The Morgan fingerprint density at radius 2 is 1.03 bits per heavy atom. The Hall–Kier alpha value is -3.66. The minimum Gasteiger partial charge on any atom is -0.341 e. The van der Waals surface area contributed by atoms with Gasteiger partial charge in [0.25, 0.3) is 0 Å². The summed E-state index contributed by atoms with van der Waals surface area (Å²) in [6.07, 6.45) is 8.50. The molecule has 6 rings (SSSR count). The lowest BCUT2D eigenvalue weighted by Crippen LogP contribution is -2.21. The second kappa shape index (κ2) is 9.77. The summed E-state index contributed by atoms with van der Waals surface area (Å²) in [5, 5.41) is 7.17. The normalized spacial score (nSPS) is 23.5. The monoisotopic (exact) mass is 476 g/mol. The molecule has 4 heterocycles.